The first-order chi connectivity index (χ1) is 39.0. The van der Waals surface area contributed by atoms with E-state index in [1.54, 1.807) is 0 Å². The van der Waals surface area contributed by atoms with Gasteiger partial charge in [0.25, 0.3) is 0 Å². The molecule has 1 atom stereocenters. The van der Waals surface area contributed by atoms with E-state index in [4.69, 9.17) is 14.2 Å². The molecule has 0 rings (SSSR count). The van der Waals surface area contributed by atoms with Crippen molar-refractivity contribution in [3.05, 3.63) is 60.8 Å². The van der Waals surface area contributed by atoms with Crippen molar-refractivity contribution in [1.29, 1.82) is 0 Å². The predicted octanol–water partition coefficient (Wildman–Crippen LogP) is 23.9. The minimum atomic E-state index is -0.775. The molecular weight excluding hydrogens is 973 g/mol. The van der Waals surface area contributed by atoms with Crippen LogP contribution in [0.15, 0.2) is 60.8 Å². The quantitative estimate of drug-likeness (QED) is 0.0261. The van der Waals surface area contributed by atoms with Crippen LogP contribution in [0.4, 0.5) is 0 Å². The second-order valence-electron chi connectivity index (χ2n) is 23.4. The van der Waals surface area contributed by atoms with Crippen LogP contribution in [0.5, 0.6) is 0 Å². The Kier molecular flexibility index (Phi) is 65.1. The molecule has 0 aromatic rings. The van der Waals surface area contributed by atoms with E-state index in [0.717, 1.165) is 89.9 Å². The maximum absolute atomic E-state index is 12.9. The molecule has 6 nitrogen and oxygen atoms in total. The summed E-state index contributed by atoms with van der Waals surface area (Å²) in [5.41, 5.74) is 0. The highest BCUT2D eigenvalue weighted by molar-refractivity contribution is 5.71. The lowest BCUT2D eigenvalue weighted by Gasteiger charge is -2.18. The lowest BCUT2D eigenvalue weighted by atomic mass is 10.0. The predicted molar refractivity (Wildman–Crippen MR) is 344 cm³/mol. The van der Waals surface area contributed by atoms with Crippen LogP contribution in [-0.4, -0.2) is 37.2 Å². The fraction of sp³-hybridized carbons (Fsp3) is 0.822. The Morgan fingerprint density at radius 3 is 0.785 bits per heavy atom. The van der Waals surface area contributed by atoms with Gasteiger partial charge in [0.1, 0.15) is 13.2 Å². The van der Waals surface area contributed by atoms with Crippen molar-refractivity contribution in [3.63, 3.8) is 0 Å². The van der Waals surface area contributed by atoms with E-state index in [1.807, 2.05) is 0 Å². The van der Waals surface area contributed by atoms with Crippen molar-refractivity contribution in [1.82, 2.24) is 0 Å². The maximum atomic E-state index is 12.9. The number of rotatable bonds is 64. The molecule has 1 unspecified atom stereocenters. The number of esters is 3. The first-order valence-electron chi connectivity index (χ1n) is 34.8. The van der Waals surface area contributed by atoms with Crippen molar-refractivity contribution in [2.75, 3.05) is 13.2 Å². The van der Waals surface area contributed by atoms with Crippen LogP contribution in [0.25, 0.3) is 0 Å². The number of ether oxygens (including phenoxy) is 3. The minimum Gasteiger partial charge on any atom is -0.462 e. The van der Waals surface area contributed by atoms with Crippen molar-refractivity contribution < 1.29 is 28.6 Å². The second-order valence-corrected chi connectivity index (χ2v) is 23.4. The first kappa shape index (κ1) is 76.1. The topological polar surface area (TPSA) is 78.9 Å². The van der Waals surface area contributed by atoms with Crippen molar-refractivity contribution in [3.8, 4) is 0 Å². The number of hydrogen-bond acceptors (Lipinski definition) is 6. The Morgan fingerprint density at radius 1 is 0.266 bits per heavy atom. The fourth-order valence-electron chi connectivity index (χ4n) is 10.3. The average molecular weight is 1110 g/mol. The summed E-state index contributed by atoms with van der Waals surface area (Å²) in [6, 6.07) is 0. The standard InChI is InChI=1S/C73H132O6/c1-4-7-10-13-16-19-22-25-28-30-31-32-33-34-35-36-37-38-39-40-41-42-43-44-46-48-51-54-57-60-63-66-72(75)78-69-70(68-77-71(74)65-62-59-56-53-50-47-27-24-21-18-15-12-9-6-3)79-73(76)67-64-61-58-55-52-49-45-29-26-23-20-17-14-11-8-5-2/h7,10,16,19,25,28-29,31-32,45,70H,4-6,8-9,11-15,17-18,20-24,26-27,30,33-44,46-69H2,1-3H3/b10-7-,19-16-,28-25-,32-31-,45-29-. The molecule has 0 aliphatic rings. The number of carbonyl (C=O) groups is 3. The van der Waals surface area contributed by atoms with Crippen molar-refractivity contribution in [2.45, 2.75) is 374 Å². The van der Waals surface area contributed by atoms with E-state index >= 15 is 0 Å². The lowest BCUT2D eigenvalue weighted by molar-refractivity contribution is -0.167. The summed E-state index contributed by atoms with van der Waals surface area (Å²) in [5.74, 6) is -0.855. The van der Waals surface area contributed by atoms with E-state index in [2.05, 4.69) is 81.5 Å². The van der Waals surface area contributed by atoms with E-state index in [9.17, 15) is 14.4 Å². The monoisotopic (exact) mass is 1110 g/mol. The van der Waals surface area contributed by atoms with Gasteiger partial charge in [0.05, 0.1) is 0 Å². The SMILES string of the molecule is CC/C=C\C/C=C\C/C=C\C/C=C\CCCCCCCCCCCCCCCCCCCCC(=O)OCC(COC(=O)CCCCCCCCCCCCCCCC)OC(=O)CCCCCCC/C=C\CCCCCCCCC. The van der Waals surface area contributed by atoms with Gasteiger partial charge in [0, 0.05) is 19.3 Å². The Hall–Kier alpha value is -2.89. The van der Waals surface area contributed by atoms with Crippen LogP contribution in [0.1, 0.15) is 367 Å². The number of hydrogen-bond donors (Lipinski definition) is 0. The molecule has 0 N–H and O–H groups in total. The van der Waals surface area contributed by atoms with Gasteiger partial charge in [-0.2, -0.15) is 0 Å². The molecule has 79 heavy (non-hydrogen) atoms. The summed E-state index contributed by atoms with van der Waals surface area (Å²) >= 11 is 0. The van der Waals surface area contributed by atoms with Crippen LogP contribution >= 0.6 is 0 Å². The zero-order valence-corrected chi connectivity index (χ0v) is 52.9. The molecule has 6 heteroatoms. The molecule has 0 aliphatic heterocycles. The lowest BCUT2D eigenvalue weighted by Crippen LogP contribution is -2.30. The van der Waals surface area contributed by atoms with E-state index < -0.39 is 6.10 Å². The maximum Gasteiger partial charge on any atom is 0.306 e. The molecule has 460 valence electrons. The van der Waals surface area contributed by atoms with Gasteiger partial charge in [-0.15, -0.1) is 0 Å². The summed E-state index contributed by atoms with van der Waals surface area (Å²) in [6.45, 7) is 6.58. The highest BCUT2D eigenvalue weighted by Crippen LogP contribution is 2.18. The Labute approximate surface area is 491 Å². The molecule has 0 amide bonds. The molecule has 0 saturated heterocycles. The highest BCUT2D eigenvalue weighted by atomic mass is 16.6. The van der Waals surface area contributed by atoms with Gasteiger partial charge in [-0.1, -0.05) is 326 Å². The normalized spacial score (nSPS) is 12.4. The van der Waals surface area contributed by atoms with Crippen LogP contribution in [0.3, 0.4) is 0 Å². The molecular formula is C73H132O6. The Bertz CT molecular complexity index is 1410. The Balaban J connectivity index is 4.17. The average Bonchev–Trinajstić information content (AvgIpc) is 3.45. The smallest absolute Gasteiger partial charge is 0.306 e. The summed E-state index contributed by atoms with van der Waals surface area (Å²) in [5, 5.41) is 0. The molecule has 0 saturated carbocycles. The summed E-state index contributed by atoms with van der Waals surface area (Å²) < 4.78 is 17.0. The molecule has 0 aromatic carbocycles. The third-order valence-corrected chi connectivity index (χ3v) is 15.5. The van der Waals surface area contributed by atoms with E-state index in [0.29, 0.717) is 19.3 Å². The van der Waals surface area contributed by atoms with Gasteiger partial charge in [-0.3, -0.25) is 14.4 Å². The highest BCUT2D eigenvalue weighted by Gasteiger charge is 2.19. The van der Waals surface area contributed by atoms with Gasteiger partial charge < -0.3 is 14.2 Å². The number of carbonyl (C=O) groups excluding carboxylic acids is 3. The van der Waals surface area contributed by atoms with Gasteiger partial charge in [-0.25, -0.2) is 0 Å². The van der Waals surface area contributed by atoms with E-state index in [-0.39, 0.29) is 31.1 Å². The zero-order chi connectivity index (χ0) is 57.1. The molecule has 0 aliphatic carbocycles. The third kappa shape index (κ3) is 65.8. The van der Waals surface area contributed by atoms with Crippen LogP contribution in [0.2, 0.25) is 0 Å². The largest absolute Gasteiger partial charge is 0.462 e. The third-order valence-electron chi connectivity index (χ3n) is 15.5. The second kappa shape index (κ2) is 67.6. The number of unbranched alkanes of at least 4 members (excludes halogenated alkanes) is 43. The zero-order valence-electron chi connectivity index (χ0n) is 52.9. The molecule has 0 radical (unpaired) electrons. The Morgan fingerprint density at radius 2 is 0.494 bits per heavy atom. The van der Waals surface area contributed by atoms with Crippen LogP contribution in [-0.2, 0) is 28.6 Å². The van der Waals surface area contributed by atoms with Gasteiger partial charge in [0.2, 0.25) is 0 Å². The van der Waals surface area contributed by atoms with Gasteiger partial charge >= 0.3 is 17.9 Å². The molecule has 0 heterocycles. The fourth-order valence-corrected chi connectivity index (χ4v) is 10.3. The molecule has 0 bridgehead atoms. The minimum absolute atomic E-state index is 0.0712. The molecule has 0 fully saturated rings. The summed E-state index contributed by atoms with van der Waals surface area (Å²) in [6.07, 6.45) is 86.8. The van der Waals surface area contributed by atoms with Crippen LogP contribution in [0, 0.1) is 0 Å². The first-order valence-corrected chi connectivity index (χ1v) is 34.8. The number of allylic oxidation sites excluding steroid dienone is 10. The molecule has 0 spiro atoms. The summed E-state index contributed by atoms with van der Waals surface area (Å²) in [7, 11) is 0. The van der Waals surface area contributed by atoms with Crippen molar-refractivity contribution in [2.24, 2.45) is 0 Å². The summed E-state index contributed by atoms with van der Waals surface area (Å²) in [4.78, 5) is 38.4. The van der Waals surface area contributed by atoms with Crippen molar-refractivity contribution >= 4 is 17.9 Å². The van der Waals surface area contributed by atoms with Crippen LogP contribution < -0.4 is 0 Å². The van der Waals surface area contributed by atoms with Gasteiger partial charge in [0.15, 0.2) is 6.10 Å². The van der Waals surface area contributed by atoms with Gasteiger partial charge in [-0.05, 0) is 83.5 Å². The van der Waals surface area contributed by atoms with E-state index in [1.165, 1.54) is 238 Å². The molecule has 0 aromatic heterocycles.